The fraction of sp³-hybridized carbons (Fsp3) is 0.727. The summed E-state index contributed by atoms with van der Waals surface area (Å²) in [5.74, 6) is 3.10. The van der Waals surface area contributed by atoms with E-state index in [0.717, 1.165) is 12.8 Å². The van der Waals surface area contributed by atoms with Crippen molar-refractivity contribution in [2.75, 3.05) is 5.75 Å². The van der Waals surface area contributed by atoms with Crippen molar-refractivity contribution in [3.05, 3.63) is 0 Å². The fourth-order valence-corrected chi connectivity index (χ4v) is 1.52. The molecule has 0 saturated carbocycles. The molecule has 14 heavy (non-hydrogen) atoms. The summed E-state index contributed by atoms with van der Waals surface area (Å²) in [6.07, 6.45) is 11.6. The number of hydrogen-bond donors (Lipinski definition) is 1. The second kappa shape index (κ2) is 10.5. The molecule has 0 saturated heterocycles. The van der Waals surface area contributed by atoms with E-state index in [1.807, 2.05) is 0 Å². The lowest BCUT2D eigenvalue weighted by atomic mass is 10.1. The molecule has 80 valence electrons. The first kappa shape index (κ1) is 13.4. The largest absolute Gasteiger partial charge is 0.299 e. The van der Waals surface area contributed by atoms with Gasteiger partial charge in [0.1, 0.15) is 0 Å². The topological polar surface area (TPSA) is 29.1 Å². The van der Waals surface area contributed by atoms with Crippen LogP contribution in [0.3, 0.4) is 0 Å². The van der Waals surface area contributed by atoms with Crippen molar-refractivity contribution in [2.45, 2.75) is 45.4 Å². The van der Waals surface area contributed by atoms with E-state index in [2.05, 4.69) is 17.6 Å². The Morgan fingerprint density at radius 3 is 2.71 bits per heavy atom. The standard InChI is InChI=1S/C11H19NOS/c1-3-5-6-7-8-9-11(13)12-14-10-4-2/h2H,3,5-10H2,1H3,(H,12,13). The van der Waals surface area contributed by atoms with Gasteiger partial charge in [0.25, 0.3) is 0 Å². The van der Waals surface area contributed by atoms with Gasteiger partial charge in [-0.2, -0.15) is 0 Å². The van der Waals surface area contributed by atoms with Gasteiger partial charge in [-0.3, -0.25) is 9.52 Å². The molecule has 0 aliphatic carbocycles. The van der Waals surface area contributed by atoms with E-state index in [1.165, 1.54) is 31.2 Å². The van der Waals surface area contributed by atoms with Crippen LogP contribution in [0, 0.1) is 12.3 Å². The lowest BCUT2D eigenvalue weighted by Crippen LogP contribution is -2.15. The van der Waals surface area contributed by atoms with Crippen molar-refractivity contribution in [1.29, 1.82) is 0 Å². The van der Waals surface area contributed by atoms with Crippen LogP contribution in [-0.4, -0.2) is 11.7 Å². The van der Waals surface area contributed by atoms with Crippen LogP contribution in [0.25, 0.3) is 0 Å². The maximum Gasteiger partial charge on any atom is 0.229 e. The van der Waals surface area contributed by atoms with Gasteiger partial charge in [0, 0.05) is 6.42 Å². The van der Waals surface area contributed by atoms with Gasteiger partial charge >= 0.3 is 0 Å². The second-order valence-electron chi connectivity index (χ2n) is 3.18. The van der Waals surface area contributed by atoms with Crippen LogP contribution >= 0.6 is 11.9 Å². The van der Waals surface area contributed by atoms with Gasteiger partial charge in [-0.15, -0.1) is 6.42 Å². The van der Waals surface area contributed by atoms with E-state index in [1.54, 1.807) is 0 Å². The number of terminal acetylenes is 1. The Labute approximate surface area is 91.4 Å². The average molecular weight is 213 g/mol. The number of amides is 1. The van der Waals surface area contributed by atoms with Crippen molar-refractivity contribution < 1.29 is 4.79 Å². The average Bonchev–Trinajstić information content (AvgIpc) is 2.18. The molecule has 0 aromatic heterocycles. The van der Waals surface area contributed by atoms with Crippen molar-refractivity contribution >= 4 is 17.9 Å². The third-order valence-corrected chi connectivity index (χ3v) is 2.53. The summed E-state index contributed by atoms with van der Waals surface area (Å²) in [4.78, 5) is 11.2. The highest BCUT2D eigenvalue weighted by molar-refractivity contribution is 7.98. The van der Waals surface area contributed by atoms with Crippen LogP contribution in [0.4, 0.5) is 0 Å². The smallest absolute Gasteiger partial charge is 0.229 e. The van der Waals surface area contributed by atoms with Crippen molar-refractivity contribution in [3.8, 4) is 12.3 Å². The number of carbonyl (C=O) groups is 1. The molecule has 0 rings (SSSR count). The lowest BCUT2D eigenvalue weighted by molar-refractivity contribution is -0.119. The first-order valence-electron chi connectivity index (χ1n) is 5.15. The molecular formula is C11H19NOS. The number of carbonyl (C=O) groups excluding carboxylic acids is 1. The predicted octanol–water partition coefficient (Wildman–Crippen LogP) is 2.74. The Morgan fingerprint density at radius 1 is 1.36 bits per heavy atom. The maximum atomic E-state index is 11.2. The summed E-state index contributed by atoms with van der Waals surface area (Å²) in [7, 11) is 0. The highest BCUT2D eigenvalue weighted by Crippen LogP contribution is 2.05. The van der Waals surface area contributed by atoms with E-state index >= 15 is 0 Å². The minimum Gasteiger partial charge on any atom is -0.299 e. The van der Waals surface area contributed by atoms with Crippen molar-refractivity contribution in [1.82, 2.24) is 4.72 Å². The van der Waals surface area contributed by atoms with Crippen molar-refractivity contribution in [3.63, 3.8) is 0 Å². The summed E-state index contributed by atoms with van der Waals surface area (Å²) < 4.78 is 2.71. The van der Waals surface area contributed by atoms with Crippen molar-refractivity contribution in [2.24, 2.45) is 0 Å². The monoisotopic (exact) mass is 213 g/mol. The van der Waals surface area contributed by atoms with Crippen LogP contribution in [0.15, 0.2) is 0 Å². The molecule has 0 heterocycles. The minimum atomic E-state index is 0.0988. The molecular weight excluding hydrogens is 194 g/mol. The van der Waals surface area contributed by atoms with Gasteiger partial charge in [0.15, 0.2) is 0 Å². The predicted molar refractivity (Wildman–Crippen MR) is 62.8 cm³/mol. The van der Waals surface area contributed by atoms with Crippen LogP contribution in [0.2, 0.25) is 0 Å². The Bertz CT molecular complexity index is 186. The molecule has 0 aromatic rings. The van der Waals surface area contributed by atoms with E-state index < -0.39 is 0 Å². The Morgan fingerprint density at radius 2 is 2.07 bits per heavy atom. The van der Waals surface area contributed by atoms with Crippen LogP contribution < -0.4 is 4.72 Å². The van der Waals surface area contributed by atoms with E-state index in [9.17, 15) is 4.79 Å². The zero-order valence-corrected chi connectivity index (χ0v) is 9.66. The molecule has 0 aliphatic rings. The third-order valence-electron chi connectivity index (χ3n) is 1.85. The van der Waals surface area contributed by atoms with Crippen LogP contribution in [-0.2, 0) is 4.79 Å². The van der Waals surface area contributed by atoms with Gasteiger partial charge in [-0.1, -0.05) is 38.5 Å². The molecule has 0 aliphatic heterocycles. The number of nitrogens with one attached hydrogen (secondary N) is 1. The molecule has 0 atom stereocenters. The molecule has 0 fully saturated rings. The Balaban J connectivity index is 3.15. The van der Waals surface area contributed by atoms with E-state index in [-0.39, 0.29) is 5.91 Å². The first-order valence-corrected chi connectivity index (χ1v) is 6.14. The van der Waals surface area contributed by atoms with Gasteiger partial charge in [-0.25, -0.2) is 0 Å². The highest BCUT2D eigenvalue weighted by Gasteiger charge is 1.99. The molecule has 0 bridgehead atoms. The third kappa shape index (κ3) is 9.47. The first-order chi connectivity index (χ1) is 6.81. The Kier molecular flexibility index (Phi) is 10.00. The molecule has 2 nitrogen and oxygen atoms in total. The van der Waals surface area contributed by atoms with E-state index in [4.69, 9.17) is 6.42 Å². The lowest BCUT2D eigenvalue weighted by Gasteiger charge is -2.01. The molecule has 0 unspecified atom stereocenters. The number of rotatable bonds is 8. The van der Waals surface area contributed by atoms with Gasteiger partial charge in [-0.05, 0) is 18.4 Å². The molecule has 3 heteroatoms. The zero-order chi connectivity index (χ0) is 10.6. The summed E-state index contributed by atoms with van der Waals surface area (Å²) in [6, 6.07) is 0. The molecule has 0 spiro atoms. The molecule has 0 radical (unpaired) electrons. The second-order valence-corrected chi connectivity index (χ2v) is 3.96. The molecule has 1 amide bonds. The zero-order valence-electron chi connectivity index (χ0n) is 8.84. The van der Waals surface area contributed by atoms with Gasteiger partial charge in [0.2, 0.25) is 5.91 Å². The Hall–Kier alpha value is -0.620. The van der Waals surface area contributed by atoms with E-state index in [0.29, 0.717) is 12.2 Å². The number of hydrogen-bond acceptors (Lipinski definition) is 2. The number of unbranched alkanes of at least 4 members (excludes halogenated alkanes) is 4. The summed E-state index contributed by atoms with van der Waals surface area (Å²) in [5.41, 5.74) is 0. The highest BCUT2D eigenvalue weighted by atomic mass is 32.2. The molecule has 0 aromatic carbocycles. The SMILES string of the molecule is C#CCSNC(=O)CCCCCCC. The molecule has 1 N–H and O–H groups in total. The van der Waals surface area contributed by atoms with Crippen LogP contribution in [0.5, 0.6) is 0 Å². The quantitative estimate of drug-likeness (QED) is 0.381. The normalized spacial score (nSPS) is 9.43. The maximum absolute atomic E-state index is 11.2. The van der Waals surface area contributed by atoms with Gasteiger partial charge in [0.05, 0.1) is 5.75 Å². The van der Waals surface area contributed by atoms with Crippen LogP contribution in [0.1, 0.15) is 45.4 Å². The summed E-state index contributed by atoms with van der Waals surface area (Å²) in [5, 5.41) is 0. The van der Waals surface area contributed by atoms with Gasteiger partial charge < -0.3 is 0 Å². The summed E-state index contributed by atoms with van der Waals surface area (Å²) >= 11 is 1.29. The minimum absolute atomic E-state index is 0.0988. The summed E-state index contributed by atoms with van der Waals surface area (Å²) in [6.45, 7) is 2.18. The fourth-order valence-electron chi connectivity index (χ4n) is 1.10.